The van der Waals surface area contributed by atoms with Gasteiger partial charge in [-0.3, -0.25) is 9.69 Å². The maximum absolute atomic E-state index is 13.5. The zero-order valence-corrected chi connectivity index (χ0v) is 20.5. The van der Waals surface area contributed by atoms with Crippen molar-refractivity contribution in [1.82, 2.24) is 0 Å². The number of anilines is 1. The highest BCUT2D eigenvalue weighted by molar-refractivity contribution is 7.98. The van der Waals surface area contributed by atoms with Crippen molar-refractivity contribution in [2.45, 2.75) is 32.1 Å². The number of nitrogens with zero attached hydrogens (tertiary/aromatic N) is 1. The van der Waals surface area contributed by atoms with Gasteiger partial charge in [0.2, 0.25) is 0 Å². The Bertz CT molecular complexity index is 1110. The number of hydrogen-bond donors (Lipinski definition) is 0. The molecule has 0 saturated carbocycles. The lowest BCUT2D eigenvalue weighted by Gasteiger charge is -2.18. The second-order valence-electron chi connectivity index (χ2n) is 7.34. The minimum atomic E-state index is -0.552. The summed E-state index contributed by atoms with van der Waals surface area (Å²) in [5.41, 5.74) is 2.48. The van der Waals surface area contributed by atoms with Gasteiger partial charge in [0, 0.05) is 10.6 Å². The third-order valence-electron chi connectivity index (χ3n) is 5.14. The molecule has 3 rings (SSSR count). The summed E-state index contributed by atoms with van der Waals surface area (Å²) in [6.07, 6.45) is 4.55. The minimum Gasteiger partial charge on any atom is -0.490 e. The molecule has 0 bridgehead atoms. The van der Waals surface area contributed by atoms with Crippen LogP contribution in [-0.2, 0) is 14.3 Å². The Kier molecular flexibility index (Phi) is 8.22. The molecule has 0 aromatic heterocycles. The van der Waals surface area contributed by atoms with Gasteiger partial charge in [0.1, 0.15) is 0 Å². The lowest BCUT2D eigenvalue weighted by Crippen LogP contribution is -2.24. The minimum absolute atomic E-state index is 0.251. The van der Waals surface area contributed by atoms with Crippen molar-refractivity contribution in [3.05, 3.63) is 64.9 Å². The second-order valence-corrected chi connectivity index (χ2v) is 8.22. The molecule has 2 aromatic rings. The highest BCUT2D eigenvalue weighted by Gasteiger charge is 2.38. The molecule has 0 fully saturated rings. The van der Waals surface area contributed by atoms with Gasteiger partial charge >= 0.3 is 5.97 Å². The van der Waals surface area contributed by atoms with E-state index in [4.69, 9.17) is 14.2 Å². The van der Waals surface area contributed by atoms with E-state index in [-0.39, 0.29) is 17.1 Å². The summed E-state index contributed by atoms with van der Waals surface area (Å²) in [7, 11) is 1.31. The van der Waals surface area contributed by atoms with Crippen LogP contribution >= 0.6 is 11.8 Å². The van der Waals surface area contributed by atoms with E-state index in [9.17, 15) is 9.59 Å². The first-order valence-electron chi connectivity index (χ1n) is 10.8. The predicted octanol–water partition coefficient (Wildman–Crippen LogP) is 5.47. The molecule has 0 unspecified atom stereocenters. The summed E-state index contributed by atoms with van der Waals surface area (Å²) >= 11 is 1.59. The summed E-state index contributed by atoms with van der Waals surface area (Å²) in [5.74, 6) is 0.406. The van der Waals surface area contributed by atoms with Gasteiger partial charge in [0.05, 0.1) is 37.2 Å². The molecule has 174 valence electrons. The Hall–Kier alpha value is -3.19. The Morgan fingerprint density at radius 2 is 1.88 bits per heavy atom. The van der Waals surface area contributed by atoms with Gasteiger partial charge in [-0.25, -0.2) is 4.79 Å². The summed E-state index contributed by atoms with van der Waals surface area (Å²) in [6.45, 7) is 6.75. The van der Waals surface area contributed by atoms with Crippen LogP contribution in [0.5, 0.6) is 11.5 Å². The smallest absolute Gasteiger partial charge is 0.340 e. The van der Waals surface area contributed by atoms with Crippen LogP contribution in [0, 0.1) is 0 Å². The maximum atomic E-state index is 13.5. The lowest BCUT2D eigenvalue weighted by molar-refractivity contribution is -0.136. The largest absolute Gasteiger partial charge is 0.490 e. The van der Waals surface area contributed by atoms with Gasteiger partial charge in [-0.1, -0.05) is 19.1 Å². The molecule has 6 nitrogen and oxygen atoms in total. The number of rotatable bonds is 9. The SMILES string of the molecule is CCCOc1ccc(/C=C2\C(=O)N(c3cccc(SC)c3)C(C)=C2C(=O)OC)cc1OCC. The Labute approximate surface area is 199 Å². The topological polar surface area (TPSA) is 65.1 Å². The molecule has 0 spiro atoms. The van der Waals surface area contributed by atoms with Crippen LogP contribution in [0.1, 0.15) is 32.8 Å². The van der Waals surface area contributed by atoms with Crippen LogP contribution in [0.2, 0.25) is 0 Å². The quantitative estimate of drug-likeness (QED) is 0.277. The molecule has 0 atom stereocenters. The van der Waals surface area contributed by atoms with Crippen LogP contribution < -0.4 is 14.4 Å². The van der Waals surface area contributed by atoms with Crippen molar-refractivity contribution in [1.29, 1.82) is 0 Å². The van der Waals surface area contributed by atoms with E-state index in [1.54, 1.807) is 29.7 Å². The van der Waals surface area contributed by atoms with E-state index >= 15 is 0 Å². The Balaban J connectivity index is 2.08. The summed E-state index contributed by atoms with van der Waals surface area (Å²) in [6, 6.07) is 13.1. The third-order valence-corrected chi connectivity index (χ3v) is 5.87. The van der Waals surface area contributed by atoms with E-state index in [1.165, 1.54) is 7.11 Å². The molecule has 2 aromatic carbocycles. The zero-order valence-electron chi connectivity index (χ0n) is 19.6. The number of esters is 1. The first-order valence-corrected chi connectivity index (χ1v) is 12.1. The van der Waals surface area contributed by atoms with Crippen molar-refractivity contribution >= 4 is 35.4 Å². The molecule has 0 N–H and O–H groups in total. The molecule has 0 radical (unpaired) electrons. The predicted molar refractivity (Wildman–Crippen MR) is 132 cm³/mol. The Morgan fingerprint density at radius 1 is 1.09 bits per heavy atom. The van der Waals surface area contributed by atoms with Gasteiger partial charge < -0.3 is 14.2 Å². The van der Waals surface area contributed by atoms with Crippen LogP contribution in [0.4, 0.5) is 5.69 Å². The van der Waals surface area contributed by atoms with Crippen LogP contribution in [0.3, 0.4) is 0 Å². The molecule has 1 heterocycles. The van der Waals surface area contributed by atoms with Crippen molar-refractivity contribution in [3.63, 3.8) is 0 Å². The number of hydrogen-bond acceptors (Lipinski definition) is 6. The fourth-order valence-electron chi connectivity index (χ4n) is 3.62. The monoisotopic (exact) mass is 467 g/mol. The molecule has 7 heteroatoms. The van der Waals surface area contributed by atoms with Crippen LogP contribution in [0.15, 0.2) is 64.2 Å². The van der Waals surface area contributed by atoms with Gasteiger partial charge in [-0.15, -0.1) is 11.8 Å². The molecule has 0 aliphatic carbocycles. The number of thioether (sulfide) groups is 1. The number of carbonyl (C=O) groups excluding carboxylic acids is 2. The molecule has 0 saturated heterocycles. The van der Waals surface area contributed by atoms with Gasteiger partial charge in [-0.05, 0) is 68.5 Å². The zero-order chi connectivity index (χ0) is 24.0. The van der Waals surface area contributed by atoms with Gasteiger partial charge in [-0.2, -0.15) is 0 Å². The highest BCUT2D eigenvalue weighted by atomic mass is 32.2. The van der Waals surface area contributed by atoms with E-state index in [2.05, 4.69) is 0 Å². The number of methoxy groups -OCH3 is 1. The van der Waals surface area contributed by atoms with Crippen LogP contribution in [0.25, 0.3) is 6.08 Å². The number of benzene rings is 2. The fraction of sp³-hybridized carbons (Fsp3) is 0.308. The van der Waals surface area contributed by atoms with Gasteiger partial charge in [0.25, 0.3) is 5.91 Å². The number of amides is 1. The molecular weight excluding hydrogens is 438 g/mol. The number of ether oxygens (including phenoxy) is 3. The van der Waals surface area contributed by atoms with Crippen molar-refractivity contribution < 1.29 is 23.8 Å². The summed E-state index contributed by atoms with van der Waals surface area (Å²) in [5, 5.41) is 0. The average Bonchev–Trinajstić information content (AvgIpc) is 3.07. The second kappa shape index (κ2) is 11.1. The first kappa shape index (κ1) is 24.5. The van der Waals surface area contributed by atoms with E-state index in [1.807, 2.05) is 62.6 Å². The first-order chi connectivity index (χ1) is 15.9. The van der Waals surface area contributed by atoms with Crippen molar-refractivity contribution in [2.75, 3.05) is 31.5 Å². The molecular formula is C26H29NO5S. The number of allylic oxidation sites excluding steroid dienone is 1. The summed E-state index contributed by atoms with van der Waals surface area (Å²) in [4.78, 5) is 28.8. The molecule has 1 aliphatic rings. The lowest BCUT2D eigenvalue weighted by atomic mass is 10.0. The van der Waals surface area contributed by atoms with E-state index in [0.29, 0.717) is 36.1 Å². The normalized spacial score (nSPS) is 14.8. The van der Waals surface area contributed by atoms with Crippen molar-refractivity contribution in [3.8, 4) is 11.5 Å². The maximum Gasteiger partial charge on any atom is 0.340 e. The standard InChI is InChI=1S/C26H29NO5S/c1-6-13-32-22-12-11-18(15-23(22)31-7-2)14-21-24(26(29)30-4)17(3)27(25(21)28)19-9-8-10-20(16-19)33-5/h8-12,14-16H,6-7,13H2,1-5H3/b21-14-. The number of carbonyl (C=O) groups is 2. The van der Waals surface area contributed by atoms with Gasteiger partial charge in [0.15, 0.2) is 11.5 Å². The van der Waals surface area contributed by atoms with Crippen molar-refractivity contribution in [2.24, 2.45) is 0 Å². The van der Waals surface area contributed by atoms with E-state index in [0.717, 1.165) is 16.9 Å². The molecule has 1 amide bonds. The van der Waals surface area contributed by atoms with E-state index < -0.39 is 5.97 Å². The highest BCUT2D eigenvalue weighted by Crippen LogP contribution is 2.37. The molecule has 1 aliphatic heterocycles. The average molecular weight is 468 g/mol. The third kappa shape index (κ3) is 5.25. The summed E-state index contributed by atoms with van der Waals surface area (Å²) < 4.78 is 16.5. The fourth-order valence-corrected chi connectivity index (χ4v) is 4.07. The molecule has 33 heavy (non-hydrogen) atoms. The Morgan fingerprint density at radius 3 is 2.55 bits per heavy atom. The van der Waals surface area contributed by atoms with Crippen LogP contribution in [-0.4, -0.2) is 38.5 Å².